The smallest absolute Gasteiger partial charge is 0.0922 e. The second kappa shape index (κ2) is 16.8. The van der Waals surface area contributed by atoms with Gasteiger partial charge in [0.1, 0.15) is 0 Å². The van der Waals surface area contributed by atoms with Crippen molar-refractivity contribution in [2.45, 2.75) is 77.6 Å². The van der Waals surface area contributed by atoms with Crippen molar-refractivity contribution < 1.29 is 5.11 Å². The standard InChI is InChI=1S/C20H33O/c1-3-5-7-9-10-11-12-13-15-17-19-20(21)18-16-14-8-6-4-2/h2,4,6,8,14,16,18,21H,3,5,7,9-13,15,17,19H2,1H3/b4-2?,8-6+,16-14+,20-18-. The molecule has 0 unspecified atom stereocenters. The summed E-state index contributed by atoms with van der Waals surface area (Å²) in [6.07, 6.45) is 24.6. The molecule has 1 N–H and O–H groups in total. The van der Waals surface area contributed by atoms with Crippen molar-refractivity contribution >= 4 is 0 Å². The second-order valence-corrected chi connectivity index (χ2v) is 5.55. The first kappa shape index (κ1) is 19.8. The Morgan fingerprint density at radius 3 is 1.86 bits per heavy atom. The van der Waals surface area contributed by atoms with E-state index >= 15 is 0 Å². The maximum atomic E-state index is 9.68. The first-order valence-electron chi connectivity index (χ1n) is 8.57. The van der Waals surface area contributed by atoms with Gasteiger partial charge in [-0.05, 0) is 12.5 Å². The van der Waals surface area contributed by atoms with Crippen LogP contribution < -0.4 is 0 Å². The molecule has 119 valence electrons. The van der Waals surface area contributed by atoms with E-state index in [1.807, 2.05) is 18.2 Å². The van der Waals surface area contributed by atoms with Gasteiger partial charge in [0.15, 0.2) is 0 Å². The van der Waals surface area contributed by atoms with Gasteiger partial charge in [0.2, 0.25) is 0 Å². The molecule has 0 aliphatic carbocycles. The molecule has 0 saturated heterocycles. The molecule has 0 aliphatic heterocycles. The fraction of sp³-hybridized carbons (Fsp3) is 0.600. The summed E-state index contributed by atoms with van der Waals surface area (Å²) in [5.74, 6) is 0.468. The highest BCUT2D eigenvalue weighted by Gasteiger charge is 1.94. The third kappa shape index (κ3) is 16.7. The maximum absolute atomic E-state index is 9.68. The monoisotopic (exact) mass is 289 g/mol. The van der Waals surface area contributed by atoms with Crippen molar-refractivity contribution in [1.82, 2.24) is 0 Å². The van der Waals surface area contributed by atoms with Gasteiger partial charge in [-0.2, -0.15) is 0 Å². The zero-order valence-electron chi connectivity index (χ0n) is 13.8. The van der Waals surface area contributed by atoms with Gasteiger partial charge in [0.25, 0.3) is 0 Å². The third-order valence-electron chi connectivity index (χ3n) is 3.52. The summed E-state index contributed by atoms with van der Waals surface area (Å²) in [7, 11) is 0. The molecule has 0 aromatic carbocycles. The molecule has 1 nitrogen and oxygen atoms in total. The van der Waals surface area contributed by atoms with Gasteiger partial charge in [0.05, 0.1) is 5.76 Å². The summed E-state index contributed by atoms with van der Waals surface area (Å²) in [6, 6.07) is 0. The fourth-order valence-corrected chi connectivity index (χ4v) is 2.24. The number of hydrogen-bond donors (Lipinski definition) is 1. The Balaban J connectivity index is 3.37. The summed E-state index contributed by atoms with van der Waals surface area (Å²) in [5.41, 5.74) is 0. The molecule has 0 aliphatic rings. The molecule has 21 heavy (non-hydrogen) atoms. The number of aliphatic hydroxyl groups excluding tert-OH is 1. The van der Waals surface area contributed by atoms with Crippen LogP contribution in [0.1, 0.15) is 77.6 Å². The average molecular weight is 289 g/mol. The summed E-state index contributed by atoms with van der Waals surface area (Å²) in [5, 5.41) is 9.68. The van der Waals surface area contributed by atoms with Crippen LogP contribution in [-0.4, -0.2) is 5.11 Å². The Kier molecular flexibility index (Phi) is 15.8. The van der Waals surface area contributed by atoms with E-state index in [1.165, 1.54) is 63.9 Å². The van der Waals surface area contributed by atoms with Crippen molar-refractivity contribution in [3.63, 3.8) is 0 Å². The van der Waals surface area contributed by atoms with Crippen LogP contribution in [0.5, 0.6) is 0 Å². The van der Waals surface area contributed by atoms with E-state index in [4.69, 9.17) is 6.58 Å². The molecular weight excluding hydrogens is 256 g/mol. The SMILES string of the molecule is [CH]=C/C=C/C=C/C=C(\O)CCCCCCCCCCCC. The number of unbranched alkanes of at least 4 members (excludes halogenated alkanes) is 9. The molecule has 1 heteroatoms. The van der Waals surface area contributed by atoms with Gasteiger partial charge < -0.3 is 5.11 Å². The topological polar surface area (TPSA) is 20.2 Å². The molecule has 0 saturated carbocycles. The summed E-state index contributed by atoms with van der Waals surface area (Å²) in [4.78, 5) is 0. The molecule has 0 aromatic heterocycles. The van der Waals surface area contributed by atoms with Crippen LogP contribution in [0.2, 0.25) is 0 Å². The van der Waals surface area contributed by atoms with Crippen LogP contribution in [0, 0.1) is 6.58 Å². The lowest BCUT2D eigenvalue weighted by atomic mass is 10.1. The van der Waals surface area contributed by atoms with Crippen LogP contribution in [0.25, 0.3) is 0 Å². The van der Waals surface area contributed by atoms with Crippen molar-refractivity contribution in [1.29, 1.82) is 0 Å². The molecule has 0 spiro atoms. The van der Waals surface area contributed by atoms with Crippen LogP contribution in [0.4, 0.5) is 0 Å². The maximum Gasteiger partial charge on any atom is 0.0922 e. The lowest BCUT2D eigenvalue weighted by Crippen LogP contribution is -1.84. The largest absolute Gasteiger partial charge is 0.512 e. The molecule has 0 atom stereocenters. The van der Waals surface area contributed by atoms with E-state index in [2.05, 4.69) is 6.92 Å². The van der Waals surface area contributed by atoms with E-state index in [9.17, 15) is 5.11 Å². The van der Waals surface area contributed by atoms with Gasteiger partial charge in [-0.3, -0.25) is 0 Å². The lowest BCUT2D eigenvalue weighted by Gasteiger charge is -2.02. The summed E-state index contributed by atoms with van der Waals surface area (Å²) < 4.78 is 0. The van der Waals surface area contributed by atoms with E-state index in [0.717, 1.165) is 12.8 Å². The highest BCUT2D eigenvalue weighted by Crippen LogP contribution is 2.12. The zero-order chi connectivity index (χ0) is 15.6. The Bertz CT molecular complexity index is 310. The van der Waals surface area contributed by atoms with Crippen LogP contribution in [-0.2, 0) is 0 Å². The number of rotatable bonds is 14. The van der Waals surface area contributed by atoms with Crippen molar-refractivity contribution in [2.24, 2.45) is 0 Å². The Hall–Kier alpha value is -1.24. The minimum absolute atomic E-state index is 0.468. The Morgan fingerprint density at radius 2 is 1.29 bits per heavy atom. The molecule has 1 radical (unpaired) electrons. The first-order valence-corrected chi connectivity index (χ1v) is 8.57. The van der Waals surface area contributed by atoms with Crippen molar-refractivity contribution in [2.75, 3.05) is 0 Å². The molecule has 0 bridgehead atoms. The number of hydrogen-bond acceptors (Lipinski definition) is 1. The van der Waals surface area contributed by atoms with Crippen LogP contribution in [0.3, 0.4) is 0 Å². The van der Waals surface area contributed by atoms with Crippen LogP contribution >= 0.6 is 0 Å². The average Bonchev–Trinajstić information content (AvgIpc) is 2.49. The predicted molar refractivity (Wildman–Crippen MR) is 94.3 cm³/mol. The zero-order valence-corrected chi connectivity index (χ0v) is 13.8. The summed E-state index contributed by atoms with van der Waals surface area (Å²) >= 11 is 0. The van der Waals surface area contributed by atoms with Crippen LogP contribution in [0.15, 0.2) is 42.2 Å². The van der Waals surface area contributed by atoms with Gasteiger partial charge >= 0.3 is 0 Å². The predicted octanol–water partition coefficient (Wildman–Crippen LogP) is 6.84. The van der Waals surface area contributed by atoms with E-state index in [0.29, 0.717) is 5.76 Å². The Morgan fingerprint density at radius 1 is 0.762 bits per heavy atom. The van der Waals surface area contributed by atoms with E-state index < -0.39 is 0 Å². The van der Waals surface area contributed by atoms with Crippen molar-refractivity contribution in [3.05, 3.63) is 48.8 Å². The molecule has 0 heterocycles. The van der Waals surface area contributed by atoms with Gasteiger partial charge in [-0.15, -0.1) is 0 Å². The molecule has 0 amide bonds. The normalized spacial score (nSPS) is 12.5. The minimum atomic E-state index is 0.468. The fourth-order valence-electron chi connectivity index (χ4n) is 2.24. The molecule has 0 rings (SSSR count). The highest BCUT2D eigenvalue weighted by molar-refractivity contribution is 5.15. The van der Waals surface area contributed by atoms with Crippen molar-refractivity contribution in [3.8, 4) is 0 Å². The molecule has 0 fully saturated rings. The number of aliphatic hydroxyl groups is 1. The van der Waals surface area contributed by atoms with Gasteiger partial charge in [0, 0.05) is 6.42 Å². The highest BCUT2D eigenvalue weighted by atomic mass is 16.3. The van der Waals surface area contributed by atoms with E-state index in [-0.39, 0.29) is 0 Å². The quantitative estimate of drug-likeness (QED) is 0.211. The van der Waals surface area contributed by atoms with Gasteiger partial charge in [-0.25, -0.2) is 0 Å². The van der Waals surface area contributed by atoms with E-state index in [1.54, 1.807) is 12.2 Å². The molecule has 0 aromatic rings. The third-order valence-corrected chi connectivity index (χ3v) is 3.52. The second-order valence-electron chi connectivity index (χ2n) is 5.55. The summed E-state index contributed by atoms with van der Waals surface area (Å²) in [6.45, 7) is 7.47. The molecular formula is C20H33O. The number of allylic oxidation sites excluding steroid dienone is 7. The minimum Gasteiger partial charge on any atom is -0.512 e. The first-order chi connectivity index (χ1) is 10.3. The Labute approximate surface area is 132 Å². The van der Waals surface area contributed by atoms with Gasteiger partial charge in [-0.1, -0.05) is 102 Å². The lowest BCUT2D eigenvalue weighted by molar-refractivity contribution is 0.380.